The Morgan fingerprint density at radius 1 is 1.15 bits per heavy atom. The Balaban J connectivity index is 1.70. The summed E-state index contributed by atoms with van der Waals surface area (Å²) >= 11 is 0. The van der Waals surface area contributed by atoms with Crippen molar-refractivity contribution in [2.24, 2.45) is 0 Å². The summed E-state index contributed by atoms with van der Waals surface area (Å²) in [5.41, 5.74) is 3.36. The van der Waals surface area contributed by atoms with Crippen LogP contribution in [0.25, 0.3) is 11.5 Å². The molecular formula is C21H23N5O. The molecule has 3 aromatic rings. The van der Waals surface area contributed by atoms with E-state index in [1.54, 1.807) is 6.20 Å². The van der Waals surface area contributed by atoms with Gasteiger partial charge in [0.2, 0.25) is 0 Å². The Morgan fingerprint density at radius 3 is 2.70 bits per heavy atom. The molecule has 1 aliphatic rings. The van der Waals surface area contributed by atoms with Crippen LogP contribution >= 0.6 is 0 Å². The monoisotopic (exact) mass is 361 g/mol. The predicted molar refractivity (Wildman–Crippen MR) is 103 cm³/mol. The molecule has 4 rings (SSSR count). The molecule has 0 bridgehead atoms. The Hall–Kier alpha value is -3.02. The highest BCUT2D eigenvalue weighted by Gasteiger charge is 2.30. The fourth-order valence-electron chi connectivity index (χ4n) is 3.65. The topological polar surface area (TPSA) is 74.8 Å². The van der Waals surface area contributed by atoms with Crippen molar-refractivity contribution in [3.05, 3.63) is 65.4 Å². The van der Waals surface area contributed by atoms with Crippen molar-refractivity contribution in [1.29, 1.82) is 0 Å². The number of H-pyrrole nitrogens is 1. The number of amides is 1. The Morgan fingerprint density at radius 2 is 1.96 bits per heavy atom. The molecule has 0 aliphatic carbocycles. The average Bonchev–Trinajstić information content (AvgIpc) is 3.14. The van der Waals surface area contributed by atoms with E-state index in [0.29, 0.717) is 5.82 Å². The molecule has 6 nitrogen and oxygen atoms in total. The summed E-state index contributed by atoms with van der Waals surface area (Å²) in [6, 6.07) is 11.4. The molecule has 27 heavy (non-hydrogen) atoms. The summed E-state index contributed by atoms with van der Waals surface area (Å²) in [7, 11) is 0. The molecule has 0 radical (unpaired) electrons. The number of carbonyl (C=O) groups is 1. The zero-order chi connectivity index (χ0) is 18.8. The lowest BCUT2D eigenvalue weighted by atomic mass is 9.97. The SMILES string of the molecule is Cc1nc(-c2ncc(C)[nH]2)cc(C2CCCCN2C(=O)c2ccccc2)n1. The largest absolute Gasteiger partial charge is 0.341 e. The lowest BCUT2D eigenvalue weighted by molar-refractivity contribution is 0.0605. The molecule has 138 valence electrons. The number of hydrogen-bond donors (Lipinski definition) is 1. The van der Waals surface area contributed by atoms with Crippen LogP contribution in [0.1, 0.15) is 52.9 Å². The van der Waals surface area contributed by atoms with Gasteiger partial charge in [-0.3, -0.25) is 4.79 Å². The van der Waals surface area contributed by atoms with Crippen LogP contribution in [0.3, 0.4) is 0 Å². The number of imidazole rings is 1. The number of hydrogen-bond acceptors (Lipinski definition) is 4. The third-order valence-corrected chi connectivity index (χ3v) is 4.93. The zero-order valence-electron chi connectivity index (χ0n) is 15.6. The van der Waals surface area contributed by atoms with E-state index in [-0.39, 0.29) is 11.9 Å². The highest BCUT2D eigenvalue weighted by atomic mass is 16.2. The van der Waals surface area contributed by atoms with Gasteiger partial charge in [0, 0.05) is 24.0 Å². The zero-order valence-corrected chi connectivity index (χ0v) is 15.6. The molecule has 1 N–H and O–H groups in total. The molecule has 1 atom stereocenters. The van der Waals surface area contributed by atoms with Gasteiger partial charge in [0.05, 0.1) is 11.7 Å². The van der Waals surface area contributed by atoms with Gasteiger partial charge < -0.3 is 9.88 Å². The van der Waals surface area contributed by atoms with Crippen molar-refractivity contribution < 1.29 is 4.79 Å². The highest BCUT2D eigenvalue weighted by molar-refractivity contribution is 5.94. The molecule has 0 spiro atoms. The normalized spacial score (nSPS) is 17.1. The number of likely N-dealkylation sites (tertiary alicyclic amines) is 1. The van der Waals surface area contributed by atoms with Gasteiger partial charge in [0.15, 0.2) is 5.82 Å². The lowest BCUT2D eigenvalue weighted by Crippen LogP contribution is -2.39. The third kappa shape index (κ3) is 3.60. The minimum absolute atomic E-state index is 0.0389. The van der Waals surface area contributed by atoms with Crippen LogP contribution in [0.4, 0.5) is 0 Å². The molecule has 1 fully saturated rings. The Kier molecular flexibility index (Phi) is 4.71. The number of aryl methyl sites for hydroxylation is 2. The van der Waals surface area contributed by atoms with Crippen LogP contribution in [0.5, 0.6) is 0 Å². The lowest BCUT2D eigenvalue weighted by Gasteiger charge is -2.35. The van der Waals surface area contributed by atoms with Crippen LogP contribution in [0.2, 0.25) is 0 Å². The number of nitrogens with zero attached hydrogens (tertiary/aromatic N) is 4. The molecule has 2 aromatic heterocycles. The summed E-state index contributed by atoms with van der Waals surface area (Å²) < 4.78 is 0. The van der Waals surface area contributed by atoms with Crippen molar-refractivity contribution in [1.82, 2.24) is 24.8 Å². The summed E-state index contributed by atoms with van der Waals surface area (Å²) in [5, 5.41) is 0. The molecule has 1 amide bonds. The first-order valence-corrected chi connectivity index (χ1v) is 9.35. The van der Waals surface area contributed by atoms with Gasteiger partial charge in [-0.15, -0.1) is 0 Å². The van der Waals surface area contributed by atoms with Crippen molar-refractivity contribution in [2.75, 3.05) is 6.54 Å². The Labute approximate surface area is 158 Å². The first-order chi connectivity index (χ1) is 13.1. The van der Waals surface area contributed by atoms with Crippen LogP contribution in [0.15, 0.2) is 42.6 Å². The maximum Gasteiger partial charge on any atom is 0.254 e. The van der Waals surface area contributed by atoms with Crippen molar-refractivity contribution in [3.63, 3.8) is 0 Å². The summed E-state index contributed by atoms with van der Waals surface area (Å²) in [6.45, 7) is 4.60. The molecule has 1 aromatic carbocycles. The number of rotatable bonds is 3. The summed E-state index contributed by atoms with van der Waals surface area (Å²) in [4.78, 5) is 31.9. The smallest absolute Gasteiger partial charge is 0.254 e. The van der Waals surface area contributed by atoms with Gasteiger partial charge in [0.1, 0.15) is 11.5 Å². The molecule has 1 saturated heterocycles. The van der Waals surface area contributed by atoms with Gasteiger partial charge in [0.25, 0.3) is 5.91 Å². The molecule has 6 heteroatoms. The fourth-order valence-corrected chi connectivity index (χ4v) is 3.65. The number of benzene rings is 1. The van der Waals surface area contributed by atoms with E-state index < -0.39 is 0 Å². The molecular weight excluding hydrogens is 338 g/mol. The van der Waals surface area contributed by atoms with Gasteiger partial charge in [-0.25, -0.2) is 15.0 Å². The first kappa shape index (κ1) is 17.4. The number of aromatic nitrogens is 4. The Bertz CT molecular complexity index is 950. The number of aromatic amines is 1. The van der Waals surface area contributed by atoms with E-state index in [2.05, 4.69) is 19.9 Å². The average molecular weight is 361 g/mol. The van der Waals surface area contributed by atoms with Crippen molar-refractivity contribution >= 4 is 5.91 Å². The third-order valence-electron chi connectivity index (χ3n) is 4.93. The second-order valence-electron chi connectivity index (χ2n) is 7.02. The van der Waals surface area contributed by atoms with Crippen molar-refractivity contribution in [3.8, 4) is 11.5 Å². The van der Waals surface area contributed by atoms with E-state index in [0.717, 1.165) is 54.3 Å². The molecule has 0 saturated carbocycles. The van der Waals surface area contributed by atoms with E-state index in [1.807, 2.05) is 55.1 Å². The minimum atomic E-state index is -0.0389. The first-order valence-electron chi connectivity index (χ1n) is 9.35. The van der Waals surface area contributed by atoms with Gasteiger partial charge >= 0.3 is 0 Å². The number of nitrogens with one attached hydrogen (secondary N) is 1. The van der Waals surface area contributed by atoms with Crippen LogP contribution in [-0.4, -0.2) is 37.3 Å². The second-order valence-corrected chi connectivity index (χ2v) is 7.02. The fraction of sp³-hybridized carbons (Fsp3) is 0.333. The van der Waals surface area contributed by atoms with Crippen molar-refractivity contribution in [2.45, 2.75) is 39.2 Å². The minimum Gasteiger partial charge on any atom is -0.341 e. The quantitative estimate of drug-likeness (QED) is 0.769. The standard InChI is InChI=1S/C21H23N5O/c1-14-13-22-20(23-14)18-12-17(24-15(2)25-18)19-10-6-7-11-26(19)21(27)16-8-4-3-5-9-16/h3-5,8-9,12-13,19H,6-7,10-11H2,1-2H3,(H,22,23). The molecule has 1 unspecified atom stereocenters. The molecule has 1 aliphatic heterocycles. The summed E-state index contributed by atoms with van der Waals surface area (Å²) in [5.74, 6) is 1.48. The van der Waals surface area contributed by atoms with E-state index in [4.69, 9.17) is 0 Å². The summed E-state index contributed by atoms with van der Waals surface area (Å²) in [6.07, 6.45) is 4.80. The highest BCUT2D eigenvalue weighted by Crippen LogP contribution is 2.32. The van der Waals surface area contributed by atoms with Gasteiger partial charge in [-0.1, -0.05) is 18.2 Å². The number of piperidine rings is 1. The van der Waals surface area contributed by atoms with Gasteiger partial charge in [-0.05, 0) is 51.3 Å². The van der Waals surface area contributed by atoms with Crippen LogP contribution < -0.4 is 0 Å². The van der Waals surface area contributed by atoms with Crippen LogP contribution in [-0.2, 0) is 0 Å². The van der Waals surface area contributed by atoms with Gasteiger partial charge in [-0.2, -0.15) is 0 Å². The van der Waals surface area contributed by atoms with E-state index in [9.17, 15) is 4.79 Å². The molecule has 3 heterocycles. The maximum absolute atomic E-state index is 13.1. The van der Waals surface area contributed by atoms with Crippen LogP contribution in [0, 0.1) is 13.8 Å². The van der Waals surface area contributed by atoms with E-state index >= 15 is 0 Å². The maximum atomic E-state index is 13.1. The number of carbonyl (C=O) groups excluding carboxylic acids is 1. The predicted octanol–water partition coefficient (Wildman–Crippen LogP) is 3.85. The van der Waals surface area contributed by atoms with E-state index in [1.165, 1.54) is 0 Å². The second kappa shape index (κ2) is 7.31.